The minimum Gasteiger partial charge on any atom is -0.476 e. The van der Waals surface area contributed by atoms with E-state index in [0.29, 0.717) is 5.69 Å². The van der Waals surface area contributed by atoms with Gasteiger partial charge in [0.2, 0.25) is 0 Å². The van der Waals surface area contributed by atoms with Gasteiger partial charge in [-0.15, -0.1) is 0 Å². The third-order valence-electron chi connectivity index (χ3n) is 2.30. The van der Waals surface area contributed by atoms with Crippen molar-refractivity contribution in [2.75, 3.05) is 11.9 Å². The lowest BCUT2D eigenvalue weighted by molar-refractivity contribution is -0.152. The second kappa shape index (κ2) is 6.74. The molecule has 0 spiro atoms. The molecule has 1 rings (SSSR count). The normalized spacial score (nSPS) is 11.9. The summed E-state index contributed by atoms with van der Waals surface area (Å²) in [6, 6.07) is 6.20. The fourth-order valence-electron chi connectivity index (χ4n) is 1.55. The molecule has 0 aliphatic heterocycles. The number of carbonyl (C=O) groups excluding carboxylic acids is 1. The Bertz CT molecular complexity index is 561. The number of hydrogen-bond donors (Lipinski definition) is 3. The minimum atomic E-state index is -1.35. The van der Waals surface area contributed by atoms with Crippen molar-refractivity contribution >= 4 is 23.3 Å². The maximum Gasteiger partial charge on any atom is 0.358 e. The standard InChI is InChI=1S/C14H18N2O5/c1-14(2,3)21-11(17)8-15-10-6-4-5-9(7-10)12(16-20)13(18)19/h4-7,15,20H,8H2,1-3H3,(H,18,19)/b16-12-. The number of anilines is 1. The molecule has 114 valence electrons. The molecule has 1 aromatic carbocycles. The number of esters is 1. The van der Waals surface area contributed by atoms with Crippen molar-refractivity contribution in [3.63, 3.8) is 0 Å². The molecule has 0 aliphatic rings. The SMILES string of the molecule is CC(C)(C)OC(=O)CNc1cccc(/C(=N/O)C(=O)O)c1. The van der Waals surface area contributed by atoms with Crippen LogP contribution in [0.1, 0.15) is 26.3 Å². The molecule has 7 nitrogen and oxygen atoms in total. The molecule has 0 unspecified atom stereocenters. The minimum absolute atomic E-state index is 0.0562. The molecule has 0 fully saturated rings. The third kappa shape index (κ3) is 5.52. The summed E-state index contributed by atoms with van der Waals surface area (Å²) in [5, 5.41) is 23.1. The van der Waals surface area contributed by atoms with E-state index in [-0.39, 0.29) is 12.1 Å². The molecule has 0 bridgehead atoms. The van der Waals surface area contributed by atoms with Gasteiger partial charge < -0.3 is 20.4 Å². The number of oxime groups is 1. The Kier molecular flexibility index (Phi) is 5.29. The first-order valence-electron chi connectivity index (χ1n) is 6.24. The van der Waals surface area contributed by atoms with Crippen molar-refractivity contribution in [2.24, 2.45) is 5.16 Å². The predicted octanol–water partition coefficient (Wildman–Crippen LogP) is 1.70. The zero-order valence-electron chi connectivity index (χ0n) is 12.1. The van der Waals surface area contributed by atoms with Crippen LogP contribution in [0.2, 0.25) is 0 Å². The average Bonchev–Trinajstić information content (AvgIpc) is 2.35. The molecule has 0 aliphatic carbocycles. The summed E-state index contributed by atoms with van der Waals surface area (Å²) in [4.78, 5) is 22.5. The van der Waals surface area contributed by atoms with Crippen LogP contribution in [-0.2, 0) is 14.3 Å². The molecule has 0 saturated heterocycles. The number of carboxylic acid groups (broad SMARTS) is 1. The van der Waals surface area contributed by atoms with E-state index in [1.54, 1.807) is 32.9 Å². The van der Waals surface area contributed by atoms with Crippen LogP contribution in [0.25, 0.3) is 0 Å². The van der Waals surface area contributed by atoms with Gasteiger partial charge in [0.05, 0.1) is 0 Å². The molecule has 0 amide bonds. The van der Waals surface area contributed by atoms with Gasteiger partial charge in [-0.2, -0.15) is 0 Å². The predicted molar refractivity (Wildman–Crippen MR) is 76.7 cm³/mol. The van der Waals surface area contributed by atoms with Gasteiger partial charge in [0.15, 0.2) is 5.71 Å². The first-order chi connectivity index (χ1) is 9.73. The molecule has 0 saturated carbocycles. The van der Waals surface area contributed by atoms with E-state index >= 15 is 0 Å². The molecular formula is C14H18N2O5. The highest BCUT2D eigenvalue weighted by Crippen LogP contribution is 2.12. The molecule has 0 atom stereocenters. The first-order valence-corrected chi connectivity index (χ1v) is 6.24. The Balaban J connectivity index is 2.74. The first kappa shape index (κ1) is 16.5. The largest absolute Gasteiger partial charge is 0.476 e. The van der Waals surface area contributed by atoms with E-state index in [2.05, 4.69) is 10.5 Å². The Morgan fingerprint density at radius 2 is 2.00 bits per heavy atom. The molecule has 21 heavy (non-hydrogen) atoms. The number of nitrogens with zero attached hydrogens (tertiary/aromatic N) is 1. The monoisotopic (exact) mass is 294 g/mol. The van der Waals surface area contributed by atoms with E-state index in [0.717, 1.165) is 0 Å². The number of benzene rings is 1. The van der Waals surface area contributed by atoms with E-state index in [4.69, 9.17) is 15.1 Å². The van der Waals surface area contributed by atoms with Crippen LogP contribution in [0, 0.1) is 0 Å². The molecule has 7 heteroatoms. The van der Waals surface area contributed by atoms with Gasteiger partial charge in [-0.25, -0.2) is 4.79 Å². The Morgan fingerprint density at radius 3 is 2.52 bits per heavy atom. The zero-order chi connectivity index (χ0) is 16.0. The lowest BCUT2D eigenvalue weighted by Crippen LogP contribution is -2.28. The van der Waals surface area contributed by atoms with Gasteiger partial charge >= 0.3 is 11.9 Å². The number of carbonyl (C=O) groups is 2. The van der Waals surface area contributed by atoms with Gasteiger partial charge in [0.25, 0.3) is 0 Å². The summed E-state index contributed by atoms with van der Waals surface area (Å²) in [5.74, 6) is -1.77. The van der Waals surface area contributed by atoms with Crippen LogP contribution in [0.4, 0.5) is 5.69 Å². The summed E-state index contributed by atoms with van der Waals surface area (Å²) in [6.45, 7) is 5.24. The quantitative estimate of drug-likeness (QED) is 0.330. The lowest BCUT2D eigenvalue weighted by Gasteiger charge is -2.19. The van der Waals surface area contributed by atoms with Crippen LogP contribution in [0.3, 0.4) is 0 Å². The van der Waals surface area contributed by atoms with Crippen molar-refractivity contribution in [3.05, 3.63) is 29.8 Å². The van der Waals surface area contributed by atoms with Crippen molar-refractivity contribution in [1.29, 1.82) is 0 Å². The molecule has 0 heterocycles. The summed E-state index contributed by atoms with van der Waals surface area (Å²) in [6.07, 6.45) is 0. The maximum atomic E-state index is 11.6. The summed E-state index contributed by atoms with van der Waals surface area (Å²) >= 11 is 0. The van der Waals surface area contributed by atoms with Gasteiger partial charge in [0.1, 0.15) is 12.1 Å². The van der Waals surface area contributed by atoms with Crippen LogP contribution >= 0.6 is 0 Å². The van der Waals surface area contributed by atoms with E-state index in [1.165, 1.54) is 12.1 Å². The molecule has 1 aromatic rings. The number of rotatable bonds is 5. The highest BCUT2D eigenvalue weighted by Gasteiger charge is 2.16. The lowest BCUT2D eigenvalue weighted by atomic mass is 10.1. The maximum absolute atomic E-state index is 11.6. The number of carboxylic acids is 1. The van der Waals surface area contributed by atoms with Gasteiger partial charge in [-0.05, 0) is 32.9 Å². The Labute approximate surface area is 122 Å². The highest BCUT2D eigenvalue weighted by molar-refractivity contribution is 6.42. The fraction of sp³-hybridized carbons (Fsp3) is 0.357. The van der Waals surface area contributed by atoms with Crippen molar-refractivity contribution in [3.8, 4) is 0 Å². The second-order valence-corrected chi connectivity index (χ2v) is 5.27. The number of nitrogens with one attached hydrogen (secondary N) is 1. The van der Waals surface area contributed by atoms with Gasteiger partial charge in [-0.1, -0.05) is 17.3 Å². The van der Waals surface area contributed by atoms with Crippen LogP contribution in [0.15, 0.2) is 29.4 Å². The number of ether oxygens (including phenoxy) is 1. The van der Waals surface area contributed by atoms with E-state index in [9.17, 15) is 9.59 Å². The highest BCUT2D eigenvalue weighted by atomic mass is 16.6. The molecule has 0 aromatic heterocycles. The smallest absolute Gasteiger partial charge is 0.358 e. The van der Waals surface area contributed by atoms with Gasteiger partial charge in [-0.3, -0.25) is 4.79 Å². The topological polar surface area (TPSA) is 108 Å². The summed E-state index contributed by atoms with van der Waals surface area (Å²) in [7, 11) is 0. The molecule has 0 radical (unpaired) electrons. The van der Waals surface area contributed by atoms with Crippen molar-refractivity contribution < 1.29 is 24.6 Å². The van der Waals surface area contributed by atoms with Crippen LogP contribution < -0.4 is 5.32 Å². The Hall–Kier alpha value is -2.57. The zero-order valence-corrected chi connectivity index (χ0v) is 12.1. The molecule has 3 N–H and O–H groups in total. The van der Waals surface area contributed by atoms with Crippen molar-refractivity contribution in [1.82, 2.24) is 0 Å². The van der Waals surface area contributed by atoms with Gasteiger partial charge in [0, 0.05) is 11.3 Å². The van der Waals surface area contributed by atoms with Crippen LogP contribution in [-0.4, -0.2) is 40.1 Å². The average molecular weight is 294 g/mol. The summed E-state index contributed by atoms with van der Waals surface area (Å²) in [5.41, 5.74) is -0.309. The van der Waals surface area contributed by atoms with E-state index in [1.807, 2.05) is 0 Å². The number of aliphatic carboxylic acids is 1. The second-order valence-electron chi connectivity index (χ2n) is 5.27. The van der Waals surface area contributed by atoms with Crippen molar-refractivity contribution in [2.45, 2.75) is 26.4 Å². The summed E-state index contributed by atoms with van der Waals surface area (Å²) < 4.78 is 5.14. The Morgan fingerprint density at radius 1 is 1.33 bits per heavy atom. The molecular weight excluding hydrogens is 276 g/mol. The van der Waals surface area contributed by atoms with Crippen LogP contribution in [0.5, 0.6) is 0 Å². The van der Waals surface area contributed by atoms with E-state index < -0.39 is 23.3 Å². The third-order valence-corrected chi connectivity index (χ3v) is 2.30. The number of hydrogen-bond acceptors (Lipinski definition) is 6. The fourth-order valence-corrected chi connectivity index (χ4v) is 1.55.